The smallest absolute Gasteiger partial charge is 0.232 e. The zero-order valence-corrected chi connectivity index (χ0v) is 11.7. The van der Waals surface area contributed by atoms with Crippen molar-refractivity contribution in [2.75, 3.05) is 24.1 Å². The van der Waals surface area contributed by atoms with Crippen molar-refractivity contribution in [2.24, 2.45) is 0 Å². The average Bonchev–Trinajstić information content (AvgIpc) is 2.38. The van der Waals surface area contributed by atoms with Crippen molar-refractivity contribution >= 4 is 26.5 Å². The summed E-state index contributed by atoms with van der Waals surface area (Å²) < 4.78 is 26.4. The van der Waals surface area contributed by atoms with Crippen LogP contribution in [0.1, 0.15) is 6.42 Å². The molecule has 5 heteroatoms. The van der Waals surface area contributed by atoms with Crippen LogP contribution in [0.5, 0.6) is 0 Å². The maximum Gasteiger partial charge on any atom is 0.232 e. The normalized spacial score (nSPS) is 11.6. The summed E-state index contributed by atoms with van der Waals surface area (Å²) in [5.74, 6) is 0.126. The van der Waals surface area contributed by atoms with Gasteiger partial charge in [0.25, 0.3) is 0 Å². The third kappa shape index (κ3) is 3.94. The van der Waals surface area contributed by atoms with Crippen LogP contribution < -0.4 is 10.0 Å². The van der Waals surface area contributed by atoms with Gasteiger partial charge in [-0.15, -0.1) is 0 Å². The molecule has 0 amide bonds. The summed E-state index contributed by atoms with van der Waals surface area (Å²) in [5.41, 5.74) is 0.614. The molecule has 0 fully saturated rings. The zero-order valence-electron chi connectivity index (χ0n) is 10.9. The summed E-state index contributed by atoms with van der Waals surface area (Å²) in [7, 11) is -1.46. The molecule has 19 heavy (non-hydrogen) atoms. The number of hydrogen-bond acceptors (Lipinski definition) is 3. The van der Waals surface area contributed by atoms with Gasteiger partial charge in [0, 0.05) is 5.69 Å². The number of nitrogens with one attached hydrogen (secondary N) is 2. The second-order valence-corrected chi connectivity index (χ2v) is 6.28. The molecule has 2 aromatic rings. The van der Waals surface area contributed by atoms with E-state index in [1.54, 1.807) is 6.07 Å². The number of rotatable bonds is 6. The lowest BCUT2D eigenvalue weighted by Gasteiger charge is -2.08. The van der Waals surface area contributed by atoms with Gasteiger partial charge in [0.15, 0.2) is 0 Å². The van der Waals surface area contributed by atoms with E-state index in [1.165, 1.54) is 0 Å². The van der Waals surface area contributed by atoms with Crippen molar-refractivity contribution in [3.63, 3.8) is 0 Å². The van der Waals surface area contributed by atoms with E-state index in [0.29, 0.717) is 18.7 Å². The van der Waals surface area contributed by atoms with E-state index < -0.39 is 10.0 Å². The first-order valence-corrected chi connectivity index (χ1v) is 7.90. The van der Waals surface area contributed by atoms with Crippen LogP contribution in [-0.4, -0.2) is 27.8 Å². The molecule has 0 unspecified atom stereocenters. The van der Waals surface area contributed by atoms with Crippen molar-refractivity contribution < 1.29 is 8.42 Å². The van der Waals surface area contributed by atoms with Crippen LogP contribution in [0.2, 0.25) is 0 Å². The summed E-state index contributed by atoms with van der Waals surface area (Å²) in [6, 6.07) is 13.4. The molecule has 2 rings (SSSR count). The first kappa shape index (κ1) is 13.8. The Hall–Kier alpha value is -1.59. The Morgan fingerprint density at radius 3 is 2.53 bits per heavy atom. The first-order chi connectivity index (χ1) is 9.11. The molecule has 0 spiro atoms. The van der Waals surface area contributed by atoms with E-state index >= 15 is 0 Å². The standard InChI is InChI=1S/C14H18N2O2S/c1-15-9-4-10-19(17,18)16-14-8-7-12-5-2-3-6-13(12)11-14/h2-3,5-8,11,15-16H,4,9-10H2,1H3. The highest BCUT2D eigenvalue weighted by atomic mass is 32.2. The molecule has 0 aliphatic rings. The highest BCUT2D eigenvalue weighted by Crippen LogP contribution is 2.19. The molecule has 0 saturated heterocycles. The van der Waals surface area contributed by atoms with E-state index in [2.05, 4.69) is 10.0 Å². The Labute approximate surface area is 113 Å². The molecule has 0 bridgehead atoms. The van der Waals surface area contributed by atoms with E-state index in [-0.39, 0.29) is 5.75 Å². The number of sulfonamides is 1. The monoisotopic (exact) mass is 278 g/mol. The Morgan fingerprint density at radius 2 is 1.79 bits per heavy atom. The van der Waals surface area contributed by atoms with Gasteiger partial charge in [-0.1, -0.05) is 30.3 Å². The van der Waals surface area contributed by atoms with Gasteiger partial charge < -0.3 is 5.32 Å². The Bertz CT molecular complexity index is 653. The number of anilines is 1. The molecule has 0 aromatic heterocycles. The van der Waals surface area contributed by atoms with Gasteiger partial charge in [0.2, 0.25) is 10.0 Å². The number of hydrogen-bond donors (Lipinski definition) is 2. The van der Waals surface area contributed by atoms with Crippen molar-refractivity contribution in [1.82, 2.24) is 5.32 Å². The highest BCUT2D eigenvalue weighted by Gasteiger charge is 2.09. The fourth-order valence-corrected chi connectivity index (χ4v) is 3.03. The van der Waals surface area contributed by atoms with Crippen LogP contribution in [-0.2, 0) is 10.0 Å². The van der Waals surface area contributed by atoms with Crippen molar-refractivity contribution in [1.29, 1.82) is 0 Å². The van der Waals surface area contributed by atoms with E-state index in [4.69, 9.17) is 0 Å². The average molecular weight is 278 g/mol. The third-order valence-electron chi connectivity index (χ3n) is 2.86. The zero-order chi connectivity index (χ0) is 13.7. The molecular formula is C14H18N2O2S. The molecule has 0 radical (unpaired) electrons. The van der Waals surface area contributed by atoms with Gasteiger partial charge in [-0.25, -0.2) is 8.42 Å². The predicted octanol–water partition coefficient (Wildman–Crippen LogP) is 2.19. The topological polar surface area (TPSA) is 58.2 Å². The molecule has 0 aliphatic carbocycles. The SMILES string of the molecule is CNCCCS(=O)(=O)Nc1ccc2ccccc2c1. The van der Waals surface area contributed by atoms with Gasteiger partial charge >= 0.3 is 0 Å². The molecule has 0 aliphatic heterocycles. The molecule has 0 atom stereocenters. The second kappa shape index (κ2) is 6.04. The van der Waals surface area contributed by atoms with Crippen LogP contribution in [0.4, 0.5) is 5.69 Å². The van der Waals surface area contributed by atoms with Crippen LogP contribution >= 0.6 is 0 Å². The lowest BCUT2D eigenvalue weighted by atomic mass is 10.1. The molecule has 0 heterocycles. The molecule has 2 aromatic carbocycles. The molecule has 4 nitrogen and oxygen atoms in total. The highest BCUT2D eigenvalue weighted by molar-refractivity contribution is 7.92. The predicted molar refractivity (Wildman–Crippen MR) is 79.9 cm³/mol. The van der Waals surface area contributed by atoms with Gasteiger partial charge in [-0.05, 0) is 42.9 Å². The number of benzene rings is 2. The minimum absolute atomic E-state index is 0.126. The number of fused-ring (bicyclic) bond motifs is 1. The maximum atomic E-state index is 11.9. The van der Waals surface area contributed by atoms with E-state index in [9.17, 15) is 8.42 Å². The van der Waals surface area contributed by atoms with Gasteiger partial charge in [0.1, 0.15) is 0 Å². The fraction of sp³-hybridized carbons (Fsp3) is 0.286. The largest absolute Gasteiger partial charge is 0.320 e. The van der Waals surface area contributed by atoms with Crippen LogP contribution in [0.25, 0.3) is 10.8 Å². The summed E-state index contributed by atoms with van der Waals surface area (Å²) in [6.07, 6.45) is 0.597. The fourth-order valence-electron chi connectivity index (χ4n) is 1.92. The summed E-state index contributed by atoms with van der Waals surface area (Å²) in [6.45, 7) is 0.693. The maximum absolute atomic E-state index is 11.9. The second-order valence-electron chi connectivity index (χ2n) is 4.44. The van der Waals surface area contributed by atoms with Gasteiger partial charge in [0.05, 0.1) is 5.75 Å². The Kier molecular flexibility index (Phi) is 4.39. The molecule has 102 valence electrons. The molecule has 2 N–H and O–H groups in total. The van der Waals surface area contributed by atoms with E-state index in [0.717, 1.165) is 10.8 Å². The van der Waals surface area contributed by atoms with Gasteiger partial charge in [-0.2, -0.15) is 0 Å². The lowest BCUT2D eigenvalue weighted by Crippen LogP contribution is -2.20. The minimum Gasteiger partial charge on any atom is -0.320 e. The summed E-state index contributed by atoms with van der Waals surface area (Å²) in [5, 5.41) is 5.06. The van der Waals surface area contributed by atoms with Crippen molar-refractivity contribution in [2.45, 2.75) is 6.42 Å². The van der Waals surface area contributed by atoms with Crippen LogP contribution in [0.3, 0.4) is 0 Å². The van der Waals surface area contributed by atoms with Crippen LogP contribution in [0.15, 0.2) is 42.5 Å². The quantitative estimate of drug-likeness (QED) is 0.796. The van der Waals surface area contributed by atoms with Gasteiger partial charge in [-0.3, -0.25) is 4.72 Å². The Balaban J connectivity index is 2.12. The minimum atomic E-state index is -3.27. The molecular weight excluding hydrogens is 260 g/mol. The van der Waals surface area contributed by atoms with E-state index in [1.807, 2.05) is 43.4 Å². The lowest BCUT2D eigenvalue weighted by molar-refractivity contribution is 0.597. The Morgan fingerprint density at radius 1 is 1.05 bits per heavy atom. The summed E-state index contributed by atoms with van der Waals surface area (Å²) in [4.78, 5) is 0. The van der Waals surface area contributed by atoms with Crippen LogP contribution in [0, 0.1) is 0 Å². The first-order valence-electron chi connectivity index (χ1n) is 6.25. The molecule has 0 saturated carbocycles. The summed E-state index contributed by atoms with van der Waals surface area (Å²) >= 11 is 0. The third-order valence-corrected chi connectivity index (χ3v) is 4.24. The van der Waals surface area contributed by atoms with Crippen molar-refractivity contribution in [3.8, 4) is 0 Å². The van der Waals surface area contributed by atoms with Crippen molar-refractivity contribution in [3.05, 3.63) is 42.5 Å².